The zero-order valence-corrected chi connectivity index (χ0v) is 15.8. The van der Waals surface area contributed by atoms with Gasteiger partial charge in [0.25, 0.3) is 5.91 Å². The summed E-state index contributed by atoms with van der Waals surface area (Å²) in [6.07, 6.45) is 4.70. The van der Waals surface area contributed by atoms with Gasteiger partial charge in [-0.1, -0.05) is 0 Å². The number of allylic oxidation sites excluding steroid dienone is 1. The molecule has 0 aliphatic carbocycles. The van der Waals surface area contributed by atoms with Crippen LogP contribution in [0.1, 0.15) is 5.56 Å². The Labute approximate surface area is 174 Å². The average Bonchev–Trinajstić information content (AvgIpc) is 3.29. The van der Waals surface area contributed by atoms with Crippen LogP contribution in [0, 0.1) is 5.82 Å². The Morgan fingerprint density at radius 2 is 2.03 bits per heavy atom. The van der Waals surface area contributed by atoms with E-state index in [-0.39, 0.29) is 11.6 Å². The lowest BCUT2D eigenvalue weighted by Gasteiger charge is -2.08. The fourth-order valence-corrected chi connectivity index (χ4v) is 2.91. The predicted molar refractivity (Wildman–Crippen MR) is 107 cm³/mol. The van der Waals surface area contributed by atoms with Crippen molar-refractivity contribution in [1.29, 1.82) is 0 Å². The number of hydrogen-bond acceptors (Lipinski definition) is 7. The molecule has 1 aromatic carbocycles. The van der Waals surface area contributed by atoms with Crippen LogP contribution in [-0.2, 0) is 23.9 Å². The van der Waals surface area contributed by atoms with Gasteiger partial charge in [-0.05, 0) is 42.5 Å². The molecule has 9 nitrogen and oxygen atoms in total. The molecule has 4 rings (SSSR count). The average molecular weight is 422 g/mol. The van der Waals surface area contributed by atoms with E-state index >= 15 is 0 Å². The molecule has 0 fully saturated rings. The number of H-pyrrole nitrogens is 1. The number of ketones is 1. The molecule has 31 heavy (non-hydrogen) atoms. The number of primary amides is 1. The number of rotatable bonds is 6. The van der Waals surface area contributed by atoms with Crippen LogP contribution < -0.4 is 11.1 Å². The second kappa shape index (κ2) is 8.11. The Hall–Kier alpha value is -4.47. The van der Waals surface area contributed by atoms with E-state index in [1.807, 2.05) is 0 Å². The largest absolute Gasteiger partial charge is 0.452 e. The smallest absolute Gasteiger partial charge is 0.348 e. The van der Waals surface area contributed by atoms with Gasteiger partial charge in [0, 0.05) is 29.0 Å². The highest BCUT2D eigenvalue weighted by atomic mass is 19.1. The highest BCUT2D eigenvalue weighted by molar-refractivity contribution is 6.27. The van der Waals surface area contributed by atoms with E-state index in [1.165, 1.54) is 30.3 Å². The van der Waals surface area contributed by atoms with Gasteiger partial charge in [0.2, 0.25) is 11.7 Å². The molecular formula is C21H15FN4O5. The molecule has 10 heteroatoms. The van der Waals surface area contributed by atoms with Gasteiger partial charge in [0.1, 0.15) is 11.5 Å². The lowest BCUT2D eigenvalue weighted by molar-refractivity contribution is -0.144. The van der Waals surface area contributed by atoms with E-state index in [0.717, 1.165) is 5.39 Å². The molecule has 156 valence electrons. The first-order valence-corrected chi connectivity index (χ1v) is 9.01. The normalized spacial score (nSPS) is 14.7. The number of pyridine rings is 1. The van der Waals surface area contributed by atoms with Gasteiger partial charge in [-0.15, -0.1) is 0 Å². The first kappa shape index (κ1) is 19.8. The molecule has 0 radical (unpaired) electrons. The van der Waals surface area contributed by atoms with Crippen LogP contribution in [0.4, 0.5) is 10.1 Å². The van der Waals surface area contributed by atoms with Crippen molar-refractivity contribution in [3.63, 3.8) is 0 Å². The molecule has 1 aliphatic heterocycles. The van der Waals surface area contributed by atoms with Gasteiger partial charge in [0.15, 0.2) is 17.9 Å². The Balaban J connectivity index is 1.68. The fraction of sp³-hybridized carbons (Fsp3) is 0.0476. The van der Waals surface area contributed by atoms with Crippen LogP contribution in [0.5, 0.6) is 0 Å². The number of anilines is 1. The van der Waals surface area contributed by atoms with Crippen LogP contribution in [0.2, 0.25) is 0 Å². The van der Waals surface area contributed by atoms with E-state index in [4.69, 9.17) is 15.2 Å². The van der Waals surface area contributed by atoms with E-state index in [2.05, 4.69) is 15.3 Å². The van der Waals surface area contributed by atoms with Gasteiger partial charge in [-0.25, -0.2) is 14.2 Å². The summed E-state index contributed by atoms with van der Waals surface area (Å²) in [5, 5.41) is 3.50. The summed E-state index contributed by atoms with van der Waals surface area (Å²) in [4.78, 5) is 43.4. The highest BCUT2D eigenvalue weighted by Crippen LogP contribution is 2.30. The van der Waals surface area contributed by atoms with Crippen molar-refractivity contribution in [3.05, 3.63) is 77.4 Å². The highest BCUT2D eigenvalue weighted by Gasteiger charge is 2.37. The van der Waals surface area contributed by atoms with Crippen LogP contribution in [0.3, 0.4) is 0 Å². The molecule has 4 N–H and O–H groups in total. The number of nitrogens with one attached hydrogen (secondary N) is 2. The fourth-order valence-electron chi connectivity index (χ4n) is 2.91. The number of ether oxygens (including phenoxy) is 2. The third-order valence-electron chi connectivity index (χ3n) is 4.31. The van der Waals surface area contributed by atoms with E-state index < -0.39 is 35.7 Å². The number of amides is 1. The Bertz CT molecular complexity index is 1260. The summed E-state index contributed by atoms with van der Waals surface area (Å²) in [6, 6.07) is 8.73. The topological polar surface area (TPSA) is 136 Å². The number of nitrogens with zero attached hydrogens (tertiary/aromatic N) is 1. The SMILES string of the molecule is NC(=O)COC(=O)C1=C(Nc2ccc(F)cc2)O/C(=C\c2c[nH]c3ncccc23)C1=O. The second-order valence-electron chi connectivity index (χ2n) is 6.46. The number of esters is 1. The van der Waals surface area contributed by atoms with Crippen molar-refractivity contribution < 1.29 is 28.2 Å². The number of hydrogen-bond donors (Lipinski definition) is 3. The molecule has 3 heterocycles. The standard InChI is InChI=1S/C21H15FN4O5/c22-12-3-5-13(6-4-12)26-20-17(21(29)30-10-16(23)27)18(28)15(31-20)8-11-9-25-19-14(11)2-1-7-24-19/h1-9,26H,10H2,(H2,23,27)(H,24,25)/b15-8-. The lowest BCUT2D eigenvalue weighted by Crippen LogP contribution is -2.24. The van der Waals surface area contributed by atoms with Crippen LogP contribution in [0.15, 0.2) is 66.0 Å². The first-order chi connectivity index (χ1) is 14.9. The molecule has 3 aromatic rings. The van der Waals surface area contributed by atoms with Gasteiger partial charge in [-0.2, -0.15) is 0 Å². The molecule has 0 saturated heterocycles. The van der Waals surface area contributed by atoms with Gasteiger partial charge in [-0.3, -0.25) is 9.59 Å². The second-order valence-corrected chi connectivity index (χ2v) is 6.46. The quantitative estimate of drug-likeness (QED) is 0.314. The molecule has 2 aromatic heterocycles. The predicted octanol–water partition coefficient (Wildman–Crippen LogP) is 1.99. The van der Waals surface area contributed by atoms with Gasteiger partial charge in [0.05, 0.1) is 0 Å². The number of nitrogens with two attached hydrogens (primary N) is 1. The Morgan fingerprint density at radius 1 is 1.26 bits per heavy atom. The third kappa shape index (κ3) is 4.13. The van der Waals surface area contributed by atoms with E-state index in [0.29, 0.717) is 16.9 Å². The minimum Gasteiger partial charge on any atom is -0.452 e. The van der Waals surface area contributed by atoms with Gasteiger partial charge < -0.3 is 25.5 Å². The van der Waals surface area contributed by atoms with Crippen molar-refractivity contribution in [2.24, 2.45) is 5.73 Å². The number of aromatic amines is 1. The summed E-state index contributed by atoms with van der Waals surface area (Å²) < 4.78 is 23.6. The summed E-state index contributed by atoms with van der Waals surface area (Å²) >= 11 is 0. The first-order valence-electron chi connectivity index (χ1n) is 9.01. The monoisotopic (exact) mass is 422 g/mol. The maximum absolute atomic E-state index is 13.2. The summed E-state index contributed by atoms with van der Waals surface area (Å²) in [5.41, 5.74) is 6.13. The molecule has 0 atom stereocenters. The van der Waals surface area contributed by atoms with Crippen LogP contribution >= 0.6 is 0 Å². The Morgan fingerprint density at radius 3 is 2.77 bits per heavy atom. The summed E-state index contributed by atoms with van der Waals surface area (Å²) in [7, 11) is 0. The zero-order valence-electron chi connectivity index (χ0n) is 15.8. The van der Waals surface area contributed by atoms with Crippen molar-refractivity contribution in [1.82, 2.24) is 9.97 Å². The van der Waals surface area contributed by atoms with Crippen molar-refractivity contribution in [2.45, 2.75) is 0 Å². The maximum Gasteiger partial charge on any atom is 0.348 e. The number of Topliss-reactive ketones (excluding diaryl/α,β-unsaturated/α-hetero) is 1. The van der Waals surface area contributed by atoms with Gasteiger partial charge >= 0.3 is 5.97 Å². The van der Waals surface area contributed by atoms with Crippen molar-refractivity contribution >= 4 is 40.5 Å². The number of carbonyl (C=O) groups excluding carboxylic acids is 3. The third-order valence-corrected chi connectivity index (χ3v) is 4.31. The summed E-state index contributed by atoms with van der Waals surface area (Å²) in [6.45, 7) is -0.702. The molecule has 0 saturated carbocycles. The minimum atomic E-state index is -1.09. The zero-order chi connectivity index (χ0) is 22.0. The molecular weight excluding hydrogens is 407 g/mol. The number of fused-ring (bicyclic) bond motifs is 1. The minimum absolute atomic E-state index is 0.152. The number of carbonyl (C=O) groups is 3. The summed E-state index contributed by atoms with van der Waals surface area (Å²) in [5.74, 6) is -3.54. The molecule has 1 aliphatic rings. The lowest BCUT2D eigenvalue weighted by atomic mass is 10.1. The number of benzene rings is 1. The molecule has 1 amide bonds. The van der Waals surface area contributed by atoms with Crippen molar-refractivity contribution in [3.8, 4) is 0 Å². The van der Waals surface area contributed by atoms with Crippen LogP contribution in [0.25, 0.3) is 17.1 Å². The Kier molecular flexibility index (Phi) is 5.19. The molecule has 0 unspecified atom stereocenters. The van der Waals surface area contributed by atoms with Crippen molar-refractivity contribution in [2.75, 3.05) is 11.9 Å². The maximum atomic E-state index is 13.2. The van der Waals surface area contributed by atoms with E-state index in [9.17, 15) is 18.8 Å². The molecule has 0 bridgehead atoms. The number of halogens is 1. The van der Waals surface area contributed by atoms with E-state index in [1.54, 1.807) is 24.5 Å². The van der Waals surface area contributed by atoms with Crippen LogP contribution in [-0.4, -0.2) is 34.2 Å². The molecule has 0 spiro atoms. The number of aromatic nitrogens is 2.